The molecular weight excluding hydrogens is 326 g/mol. The largest absolute Gasteiger partial charge is 0.494 e. The van der Waals surface area contributed by atoms with E-state index in [4.69, 9.17) is 13.9 Å². The van der Waals surface area contributed by atoms with Gasteiger partial charge in [-0.3, -0.25) is 14.9 Å². The third kappa shape index (κ3) is 3.03. The lowest BCUT2D eigenvalue weighted by molar-refractivity contribution is -0.385. The molecule has 0 N–H and O–H groups in total. The molecule has 0 spiro atoms. The van der Waals surface area contributed by atoms with Crippen LogP contribution in [0, 0.1) is 10.1 Å². The van der Waals surface area contributed by atoms with E-state index in [-0.39, 0.29) is 22.4 Å². The average molecular weight is 341 g/mol. The summed E-state index contributed by atoms with van der Waals surface area (Å²) in [6.07, 6.45) is 1.30. The number of hydrogen-bond acceptors (Lipinski definition) is 6. The first-order valence-corrected chi connectivity index (χ1v) is 7.56. The van der Waals surface area contributed by atoms with Gasteiger partial charge >= 0.3 is 5.69 Å². The van der Waals surface area contributed by atoms with Crippen molar-refractivity contribution >= 4 is 16.7 Å². The fourth-order valence-electron chi connectivity index (χ4n) is 2.56. The van der Waals surface area contributed by atoms with Gasteiger partial charge in [-0.25, -0.2) is 0 Å². The number of fused-ring (bicyclic) bond motifs is 1. The SMILES string of the molecule is CCOc1ccc2c(=O)c(-c3ccc(OC)c([N+](=O)[O-])c3)coc2c1. The Morgan fingerprint density at radius 1 is 1.20 bits per heavy atom. The number of methoxy groups -OCH3 is 1. The summed E-state index contributed by atoms with van der Waals surface area (Å²) in [5.74, 6) is 0.728. The standard InChI is InChI=1S/C18H15NO6/c1-3-24-12-5-6-13-17(9-12)25-10-14(18(13)20)11-4-7-16(23-2)15(8-11)19(21)22/h4-10H,3H2,1-2H3. The Kier molecular flexibility index (Phi) is 4.38. The van der Waals surface area contributed by atoms with Gasteiger partial charge in [0.1, 0.15) is 17.6 Å². The van der Waals surface area contributed by atoms with Crippen molar-refractivity contribution < 1.29 is 18.8 Å². The van der Waals surface area contributed by atoms with E-state index >= 15 is 0 Å². The number of benzene rings is 2. The summed E-state index contributed by atoms with van der Waals surface area (Å²) < 4.78 is 15.9. The van der Waals surface area contributed by atoms with Crippen LogP contribution >= 0.6 is 0 Å². The van der Waals surface area contributed by atoms with Crippen LogP contribution in [0.5, 0.6) is 11.5 Å². The minimum Gasteiger partial charge on any atom is -0.494 e. The third-order valence-corrected chi connectivity index (χ3v) is 3.74. The molecule has 0 radical (unpaired) electrons. The molecule has 2 aromatic carbocycles. The molecular formula is C18H15NO6. The van der Waals surface area contributed by atoms with Crippen molar-refractivity contribution in [2.75, 3.05) is 13.7 Å². The van der Waals surface area contributed by atoms with Crippen LogP contribution in [0.25, 0.3) is 22.1 Å². The van der Waals surface area contributed by atoms with Crippen molar-refractivity contribution in [2.24, 2.45) is 0 Å². The molecule has 0 saturated heterocycles. The maximum atomic E-state index is 12.7. The fraction of sp³-hybridized carbons (Fsp3) is 0.167. The number of hydrogen-bond donors (Lipinski definition) is 0. The van der Waals surface area contributed by atoms with Crippen LogP contribution in [0.15, 0.2) is 51.9 Å². The van der Waals surface area contributed by atoms with Crippen LogP contribution in [0.1, 0.15) is 6.92 Å². The van der Waals surface area contributed by atoms with Gasteiger partial charge in [0.2, 0.25) is 0 Å². The topological polar surface area (TPSA) is 91.8 Å². The molecule has 0 atom stereocenters. The second kappa shape index (κ2) is 6.64. The van der Waals surface area contributed by atoms with Crippen LogP contribution < -0.4 is 14.9 Å². The van der Waals surface area contributed by atoms with Gasteiger partial charge in [0.05, 0.1) is 29.6 Å². The second-order valence-electron chi connectivity index (χ2n) is 5.21. The number of nitrogens with zero attached hydrogens (tertiary/aromatic N) is 1. The van der Waals surface area contributed by atoms with Crippen molar-refractivity contribution in [1.82, 2.24) is 0 Å². The molecule has 0 aliphatic rings. The first kappa shape index (κ1) is 16.5. The van der Waals surface area contributed by atoms with E-state index in [2.05, 4.69) is 0 Å². The third-order valence-electron chi connectivity index (χ3n) is 3.74. The molecule has 128 valence electrons. The zero-order valence-corrected chi connectivity index (χ0v) is 13.6. The molecule has 7 nitrogen and oxygen atoms in total. The minimum atomic E-state index is -0.556. The molecule has 1 aromatic heterocycles. The zero-order chi connectivity index (χ0) is 18.0. The van der Waals surface area contributed by atoms with Crippen molar-refractivity contribution in [3.05, 3.63) is 63.0 Å². The van der Waals surface area contributed by atoms with E-state index in [0.717, 1.165) is 0 Å². The Morgan fingerprint density at radius 2 is 2.00 bits per heavy atom. The quantitative estimate of drug-likeness (QED) is 0.518. The summed E-state index contributed by atoms with van der Waals surface area (Å²) >= 11 is 0. The molecule has 7 heteroatoms. The first-order valence-electron chi connectivity index (χ1n) is 7.56. The van der Waals surface area contributed by atoms with Gasteiger partial charge in [-0.1, -0.05) is 0 Å². The molecule has 0 bridgehead atoms. The number of nitro benzene ring substituents is 1. The Morgan fingerprint density at radius 3 is 2.68 bits per heavy atom. The number of rotatable bonds is 5. The molecule has 0 saturated carbocycles. The van der Waals surface area contributed by atoms with E-state index in [1.165, 1.54) is 25.5 Å². The van der Waals surface area contributed by atoms with Crippen molar-refractivity contribution in [2.45, 2.75) is 6.92 Å². The van der Waals surface area contributed by atoms with Crippen molar-refractivity contribution in [1.29, 1.82) is 0 Å². The van der Waals surface area contributed by atoms with Gasteiger partial charge in [0, 0.05) is 12.1 Å². The molecule has 0 aliphatic heterocycles. The predicted molar refractivity (Wildman–Crippen MR) is 92.3 cm³/mol. The monoisotopic (exact) mass is 341 g/mol. The van der Waals surface area contributed by atoms with Gasteiger partial charge in [0.25, 0.3) is 0 Å². The van der Waals surface area contributed by atoms with E-state index in [9.17, 15) is 14.9 Å². The lowest BCUT2D eigenvalue weighted by Gasteiger charge is -2.07. The summed E-state index contributed by atoms with van der Waals surface area (Å²) in [6, 6.07) is 9.27. The highest BCUT2D eigenvalue weighted by molar-refractivity contribution is 5.83. The highest BCUT2D eigenvalue weighted by Gasteiger charge is 2.18. The fourth-order valence-corrected chi connectivity index (χ4v) is 2.56. The van der Waals surface area contributed by atoms with E-state index < -0.39 is 4.92 Å². The van der Waals surface area contributed by atoms with E-state index in [1.54, 1.807) is 24.3 Å². The van der Waals surface area contributed by atoms with Gasteiger partial charge in [-0.15, -0.1) is 0 Å². The Hall–Kier alpha value is -3.35. The van der Waals surface area contributed by atoms with Gasteiger partial charge < -0.3 is 13.9 Å². The molecule has 3 rings (SSSR count). The van der Waals surface area contributed by atoms with E-state index in [0.29, 0.717) is 28.9 Å². The van der Waals surface area contributed by atoms with Crippen LogP contribution in [-0.2, 0) is 0 Å². The zero-order valence-electron chi connectivity index (χ0n) is 13.6. The molecule has 3 aromatic rings. The number of ether oxygens (including phenoxy) is 2. The minimum absolute atomic E-state index is 0.125. The molecule has 0 unspecified atom stereocenters. The Bertz CT molecular complexity index is 1010. The second-order valence-corrected chi connectivity index (χ2v) is 5.21. The summed E-state index contributed by atoms with van der Waals surface area (Å²) in [7, 11) is 1.35. The number of nitro groups is 1. The highest BCUT2D eigenvalue weighted by atomic mass is 16.6. The highest BCUT2D eigenvalue weighted by Crippen LogP contribution is 2.32. The normalized spacial score (nSPS) is 10.6. The van der Waals surface area contributed by atoms with Crippen molar-refractivity contribution in [3.8, 4) is 22.6 Å². The average Bonchev–Trinajstić information content (AvgIpc) is 2.61. The lowest BCUT2D eigenvalue weighted by Crippen LogP contribution is -2.05. The smallest absolute Gasteiger partial charge is 0.311 e. The molecule has 0 amide bonds. The Labute approximate surface area is 142 Å². The summed E-state index contributed by atoms with van der Waals surface area (Å²) in [5, 5.41) is 11.5. The maximum Gasteiger partial charge on any atom is 0.311 e. The maximum absolute atomic E-state index is 12.7. The van der Waals surface area contributed by atoms with Crippen LogP contribution in [0.2, 0.25) is 0 Å². The van der Waals surface area contributed by atoms with Gasteiger partial charge in [-0.2, -0.15) is 0 Å². The van der Waals surface area contributed by atoms with E-state index in [1.807, 2.05) is 6.92 Å². The molecule has 0 aliphatic carbocycles. The van der Waals surface area contributed by atoms with Crippen molar-refractivity contribution in [3.63, 3.8) is 0 Å². The van der Waals surface area contributed by atoms with Gasteiger partial charge in [0.15, 0.2) is 11.2 Å². The molecule has 25 heavy (non-hydrogen) atoms. The summed E-state index contributed by atoms with van der Waals surface area (Å²) in [6.45, 7) is 2.36. The van der Waals surface area contributed by atoms with Gasteiger partial charge in [-0.05, 0) is 36.8 Å². The molecule has 0 fully saturated rings. The predicted octanol–water partition coefficient (Wildman–Crippen LogP) is 3.78. The van der Waals surface area contributed by atoms with Crippen LogP contribution in [-0.4, -0.2) is 18.6 Å². The summed E-state index contributed by atoms with van der Waals surface area (Å²) in [5.41, 5.74) is 0.525. The first-order chi connectivity index (χ1) is 12.0. The molecule has 1 heterocycles. The van der Waals surface area contributed by atoms with Crippen LogP contribution in [0.4, 0.5) is 5.69 Å². The lowest BCUT2D eigenvalue weighted by atomic mass is 10.0. The van der Waals surface area contributed by atoms with Crippen LogP contribution in [0.3, 0.4) is 0 Å². The Balaban J connectivity index is 2.15. The summed E-state index contributed by atoms with van der Waals surface area (Å²) in [4.78, 5) is 23.3.